The molecule has 0 amide bonds. The Morgan fingerprint density at radius 1 is 1.31 bits per heavy atom. The molecule has 0 radical (unpaired) electrons. The zero-order chi connectivity index (χ0) is 9.31. The van der Waals surface area contributed by atoms with E-state index in [1.54, 1.807) is 0 Å². The number of hydrogen-bond acceptors (Lipinski definition) is 2. The lowest BCUT2D eigenvalue weighted by molar-refractivity contribution is 0.0658. The molecule has 2 rings (SSSR count). The molecule has 1 aliphatic heterocycles. The van der Waals surface area contributed by atoms with Crippen LogP contribution >= 0.6 is 27.7 Å². The minimum absolute atomic E-state index is 0.578. The highest BCUT2D eigenvalue weighted by molar-refractivity contribution is 9.10. The average molecular weight is 259 g/mol. The van der Waals surface area contributed by atoms with E-state index in [2.05, 4.69) is 15.9 Å². The van der Waals surface area contributed by atoms with Crippen molar-refractivity contribution in [1.82, 2.24) is 0 Å². The highest BCUT2D eigenvalue weighted by Crippen LogP contribution is 2.36. The zero-order valence-corrected chi connectivity index (χ0v) is 9.57. The van der Waals surface area contributed by atoms with Crippen LogP contribution in [0, 0.1) is 0 Å². The Morgan fingerprint density at radius 3 is 2.54 bits per heavy atom. The first-order chi connectivity index (χ1) is 6.21. The summed E-state index contributed by atoms with van der Waals surface area (Å²) >= 11 is 5.20. The van der Waals surface area contributed by atoms with Crippen molar-refractivity contribution in [3.63, 3.8) is 0 Å². The molecule has 70 valence electrons. The van der Waals surface area contributed by atoms with Gasteiger partial charge in [0, 0.05) is 10.2 Å². The molecular formula is C10H11BrOS. The summed E-state index contributed by atoms with van der Waals surface area (Å²) in [6.07, 6.45) is 0.874. The lowest BCUT2D eigenvalue weighted by Crippen LogP contribution is -2.24. The van der Waals surface area contributed by atoms with E-state index in [1.807, 2.05) is 36.0 Å². The van der Waals surface area contributed by atoms with Crippen LogP contribution in [0.3, 0.4) is 0 Å². The van der Waals surface area contributed by atoms with Gasteiger partial charge in [-0.2, -0.15) is 11.8 Å². The predicted octanol–water partition coefficient (Wildman–Crippen LogP) is 2.77. The van der Waals surface area contributed by atoms with Crippen molar-refractivity contribution in [2.45, 2.75) is 12.0 Å². The Labute approximate surface area is 90.7 Å². The van der Waals surface area contributed by atoms with Crippen molar-refractivity contribution < 1.29 is 5.11 Å². The van der Waals surface area contributed by atoms with Crippen LogP contribution in [0.25, 0.3) is 0 Å². The Bertz CT molecular complexity index is 290. The second-order valence-electron chi connectivity index (χ2n) is 3.34. The molecule has 1 aliphatic rings. The molecule has 0 saturated carbocycles. The van der Waals surface area contributed by atoms with Crippen LogP contribution in [0.5, 0.6) is 0 Å². The summed E-state index contributed by atoms with van der Waals surface area (Å²) in [4.78, 5) is 0. The number of thioether (sulfide) groups is 1. The van der Waals surface area contributed by atoms with Gasteiger partial charge in [-0.05, 0) is 29.9 Å². The standard InChI is InChI=1S/C10H11BrOS/c11-9-3-1-8(2-4-9)10(12)5-6-13-7-10/h1-4,12H,5-7H2. The normalized spacial score (nSPS) is 27.8. The molecule has 1 saturated heterocycles. The van der Waals surface area contributed by atoms with Crippen molar-refractivity contribution in [2.75, 3.05) is 11.5 Å². The Morgan fingerprint density at radius 2 is 2.00 bits per heavy atom. The van der Waals surface area contributed by atoms with Crippen LogP contribution in [0.2, 0.25) is 0 Å². The lowest BCUT2D eigenvalue weighted by atomic mass is 9.94. The van der Waals surface area contributed by atoms with E-state index in [0.29, 0.717) is 0 Å². The molecule has 0 spiro atoms. The Hall–Kier alpha value is 0.01000. The number of aliphatic hydroxyl groups is 1. The van der Waals surface area contributed by atoms with E-state index in [9.17, 15) is 5.11 Å². The minimum atomic E-state index is -0.578. The van der Waals surface area contributed by atoms with Gasteiger partial charge in [-0.25, -0.2) is 0 Å². The molecular weight excluding hydrogens is 248 g/mol. The fourth-order valence-electron chi connectivity index (χ4n) is 1.54. The number of benzene rings is 1. The van der Waals surface area contributed by atoms with Crippen molar-refractivity contribution in [3.8, 4) is 0 Å². The van der Waals surface area contributed by atoms with Gasteiger partial charge in [-0.1, -0.05) is 28.1 Å². The van der Waals surface area contributed by atoms with E-state index in [-0.39, 0.29) is 0 Å². The van der Waals surface area contributed by atoms with Crippen molar-refractivity contribution in [1.29, 1.82) is 0 Å². The van der Waals surface area contributed by atoms with Crippen LogP contribution in [0.1, 0.15) is 12.0 Å². The third kappa shape index (κ3) is 1.92. The summed E-state index contributed by atoms with van der Waals surface area (Å²) in [7, 11) is 0. The van der Waals surface area contributed by atoms with Gasteiger partial charge in [0.15, 0.2) is 0 Å². The van der Waals surface area contributed by atoms with Crippen LogP contribution in [0.15, 0.2) is 28.7 Å². The second kappa shape index (κ2) is 3.64. The van der Waals surface area contributed by atoms with Crippen LogP contribution in [-0.4, -0.2) is 16.6 Å². The van der Waals surface area contributed by atoms with E-state index in [4.69, 9.17) is 0 Å². The smallest absolute Gasteiger partial charge is 0.0994 e. The second-order valence-corrected chi connectivity index (χ2v) is 5.36. The first kappa shape index (κ1) is 9.56. The van der Waals surface area contributed by atoms with Gasteiger partial charge in [0.2, 0.25) is 0 Å². The fourth-order valence-corrected chi connectivity index (χ4v) is 3.08. The van der Waals surface area contributed by atoms with E-state index in [1.165, 1.54) is 0 Å². The van der Waals surface area contributed by atoms with Gasteiger partial charge < -0.3 is 5.11 Å². The third-order valence-electron chi connectivity index (χ3n) is 2.38. The molecule has 1 nitrogen and oxygen atoms in total. The molecule has 1 aromatic rings. The van der Waals surface area contributed by atoms with Gasteiger partial charge in [0.05, 0.1) is 5.60 Å². The number of rotatable bonds is 1. The molecule has 1 fully saturated rings. The maximum atomic E-state index is 10.2. The Kier molecular flexibility index (Phi) is 2.67. The average Bonchev–Trinajstić information content (AvgIpc) is 2.54. The van der Waals surface area contributed by atoms with Crippen LogP contribution in [-0.2, 0) is 5.60 Å². The Balaban J connectivity index is 2.29. The first-order valence-corrected chi connectivity index (χ1v) is 6.22. The topological polar surface area (TPSA) is 20.2 Å². The number of hydrogen-bond donors (Lipinski definition) is 1. The quantitative estimate of drug-likeness (QED) is 0.836. The largest absolute Gasteiger partial charge is 0.384 e. The van der Waals surface area contributed by atoms with Crippen LogP contribution in [0.4, 0.5) is 0 Å². The van der Waals surface area contributed by atoms with E-state index < -0.39 is 5.60 Å². The molecule has 1 aromatic carbocycles. The number of halogens is 1. The summed E-state index contributed by atoms with van der Waals surface area (Å²) in [5.41, 5.74) is 0.464. The summed E-state index contributed by atoms with van der Waals surface area (Å²) in [5.74, 6) is 1.89. The molecule has 1 N–H and O–H groups in total. The molecule has 13 heavy (non-hydrogen) atoms. The van der Waals surface area contributed by atoms with E-state index in [0.717, 1.165) is 28.0 Å². The van der Waals surface area contributed by atoms with Gasteiger partial charge >= 0.3 is 0 Å². The molecule has 0 bridgehead atoms. The highest BCUT2D eigenvalue weighted by Gasteiger charge is 2.33. The summed E-state index contributed by atoms with van der Waals surface area (Å²) < 4.78 is 1.06. The van der Waals surface area contributed by atoms with Crippen LogP contribution < -0.4 is 0 Å². The van der Waals surface area contributed by atoms with Gasteiger partial charge in [0.1, 0.15) is 0 Å². The van der Waals surface area contributed by atoms with Gasteiger partial charge in [-0.15, -0.1) is 0 Å². The molecule has 1 unspecified atom stereocenters. The predicted molar refractivity (Wildman–Crippen MR) is 60.0 cm³/mol. The zero-order valence-electron chi connectivity index (χ0n) is 7.16. The molecule has 0 aromatic heterocycles. The SMILES string of the molecule is OC1(c2ccc(Br)cc2)CCSC1. The van der Waals surface area contributed by atoms with Gasteiger partial charge in [-0.3, -0.25) is 0 Å². The monoisotopic (exact) mass is 258 g/mol. The molecule has 3 heteroatoms. The summed E-state index contributed by atoms with van der Waals surface area (Å²) in [6.45, 7) is 0. The summed E-state index contributed by atoms with van der Waals surface area (Å²) in [6, 6.07) is 7.96. The molecule has 0 aliphatic carbocycles. The van der Waals surface area contributed by atoms with E-state index >= 15 is 0 Å². The molecule has 1 atom stereocenters. The van der Waals surface area contributed by atoms with Gasteiger partial charge in [0.25, 0.3) is 0 Å². The van der Waals surface area contributed by atoms with Crippen molar-refractivity contribution in [3.05, 3.63) is 34.3 Å². The summed E-state index contributed by atoms with van der Waals surface area (Å²) in [5, 5.41) is 10.2. The lowest BCUT2D eigenvalue weighted by Gasteiger charge is -2.21. The minimum Gasteiger partial charge on any atom is -0.384 e. The third-order valence-corrected chi connectivity index (χ3v) is 4.09. The first-order valence-electron chi connectivity index (χ1n) is 4.27. The maximum absolute atomic E-state index is 10.2. The van der Waals surface area contributed by atoms with Crippen molar-refractivity contribution in [2.24, 2.45) is 0 Å². The highest BCUT2D eigenvalue weighted by atomic mass is 79.9. The molecule has 1 heterocycles. The maximum Gasteiger partial charge on any atom is 0.0994 e. The van der Waals surface area contributed by atoms with Crippen molar-refractivity contribution >= 4 is 27.7 Å². The fraction of sp³-hybridized carbons (Fsp3) is 0.400.